The highest BCUT2D eigenvalue weighted by Gasteiger charge is 2.04. The van der Waals surface area contributed by atoms with E-state index in [1.807, 2.05) is 38.1 Å². The largest absolute Gasteiger partial charge is 0.449 e. The second kappa shape index (κ2) is 3.90. The zero-order valence-corrected chi connectivity index (χ0v) is 7.20. The Labute approximate surface area is 72.2 Å². The average Bonchev–Trinajstić information content (AvgIpc) is 2.06. The highest BCUT2D eigenvalue weighted by Crippen LogP contribution is 2.15. The van der Waals surface area contributed by atoms with Gasteiger partial charge in [0.2, 0.25) is 0 Å². The van der Waals surface area contributed by atoms with Crippen molar-refractivity contribution in [2.24, 2.45) is 0 Å². The van der Waals surface area contributed by atoms with Crippen LogP contribution in [-0.2, 0) is 9.53 Å². The van der Waals surface area contributed by atoms with Gasteiger partial charge in [-0.2, -0.15) is 0 Å². The van der Waals surface area contributed by atoms with Crippen LogP contribution in [0.5, 0.6) is 0 Å². The van der Waals surface area contributed by atoms with Crippen molar-refractivity contribution in [2.75, 3.05) is 0 Å². The van der Waals surface area contributed by atoms with Gasteiger partial charge in [0, 0.05) is 0 Å². The highest BCUT2D eigenvalue weighted by atomic mass is 16.5. The molecule has 12 heavy (non-hydrogen) atoms. The molecule has 0 N–H and O–H groups in total. The lowest BCUT2D eigenvalue weighted by Gasteiger charge is -2.08. The van der Waals surface area contributed by atoms with Gasteiger partial charge >= 0.3 is 6.47 Å². The minimum absolute atomic E-state index is 0.205. The summed E-state index contributed by atoms with van der Waals surface area (Å²) < 4.78 is 4.66. The molecule has 0 saturated carbocycles. The number of ether oxygens (including phenoxy) is 1. The summed E-state index contributed by atoms with van der Waals surface area (Å²) in [4.78, 5) is 9.91. The molecule has 2 heteroatoms. The van der Waals surface area contributed by atoms with Gasteiger partial charge in [-0.1, -0.05) is 29.8 Å². The molecule has 0 bridgehead atoms. The zero-order valence-electron chi connectivity index (χ0n) is 7.20. The lowest BCUT2D eigenvalue weighted by molar-refractivity contribution is 0.198. The number of hydrogen-bond donors (Lipinski definition) is 0. The van der Waals surface area contributed by atoms with Crippen molar-refractivity contribution in [3.05, 3.63) is 35.4 Å². The maximum Gasteiger partial charge on any atom is 0.418 e. The normalized spacial score (nSPS) is 12.2. The summed E-state index contributed by atoms with van der Waals surface area (Å²) in [5, 5.41) is 0. The van der Waals surface area contributed by atoms with E-state index in [0.29, 0.717) is 0 Å². The molecule has 0 heterocycles. The molecular weight excluding hydrogens is 152 g/mol. The minimum atomic E-state index is -0.205. The van der Waals surface area contributed by atoms with Crippen LogP contribution >= 0.6 is 0 Å². The molecule has 1 atom stereocenters. The summed E-state index contributed by atoms with van der Waals surface area (Å²) in [6, 6.07) is 7.86. The van der Waals surface area contributed by atoms with Crippen LogP contribution in [0.4, 0.5) is 0 Å². The molecule has 0 spiro atoms. The minimum Gasteiger partial charge on any atom is -0.449 e. The van der Waals surface area contributed by atoms with Crippen LogP contribution < -0.4 is 0 Å². The molecule has 0 aliphatic carbocycles. The van der Waals surface area contributed by atoms with Crippen LogP contribution in [0.15, 0.2) is 24.3 Å². The Kier molecular flexibility index (Phi) is 2.86. The average molecular weight is 163 g/mol. The summed E-state index contributed by atoms with van der Waals surface area (Å²) in [5.74, 6) is 0. The summed E-state index contributed by atoms with van der Waals surface area (Å²) in [7, 11) is 0. The topological polar surface area (TPSA) is 26.3 Å². The molecule has 0 aliphatic heterocycles. The Morgan fingerprint density at radius 2 is 1.92 bits per heavy atom. The van der Waals surface area contributed by atoms with Crippen LogP contribution in [-0.4, -0.2) is 6.47 Å². The smallest absolute Gasteiger partial charge is 0.418 e. The Morgan fingerprint density at radius 1 is 1.33 bits per heavy atom. The quantitative estimate of drug-likeness (QED) is 0.682. The molecule has 0 unspecified atom stereocenters. The Morgan fingerprint density at radius 3 is 2.42 bits per heavy atom. The van der Waals surface area contributed by atoms with E-state index in [0.717, 1.165) is 5.56 Å². The van der Waals surface area contributed by atoms with Gasteiger partial charge in [0.15, 0.2) is 0 Å². The maximum absolute atomic E-state index is 9.91. The zero-order chi connectivity index (χ0) is 8.97. The molecule has 1 radical (unpaired) electrons. The van der Waals surface area contributed by atoms with Crippen LogP contribution in [0.3, 0.4) is 0 Å². The van der Waals surface area contributed by atoms with Crippen molar-refractivity contribution in [1.82, 2.24) is 0 Å². The van der Waals surface area contributed by atoms with Crippen molar-refractivity contribution in [1.29, 1.82) is 0 Å². The van der Waals surface area contributed by atoms with Gasteiger partial charge in [0.1, 0.15) is 6.10 Å². The molecular formula is C10H11O2. The lowest BCUT2D eigenvalue weighted by atomic mass is 10.1. The molecule has 0 amide bonds. The van der Waals surface area contributed by atoms with E-state index in [1.165, 1.54) is 12.0 Å². The van der Waals surface area contributed by atoms with Crippen LogP contribution in [0.25, 0.3) is 0 Å². The van der Waals surface area contributed by atoms with E-state index < -0.39 is 0 Å². The fourth-order valence-electron chi connectivity index (χ4n) is 0.978. The Hall–Kier alpha value is -1.31. The molecule has 1 aromatic carbocycles. The number of hydrogen-bond acceptors (Lipinski definition) is 2. The van der Waals surface area contributed by atoms with Crippen molar-refractivity contribution < 1.29 is 9.53 Å². The van der Waals surface area contributed by atoms with Crippen LogP contribution in [0.2, 0.25) is 0 Å². The Bertz CT molecular complexity index is 251. The van der Waals surface area contributed by atoms with Gasteiger partial charge < -0.3 is 4.74 Å². The lowest BCUT2D eigenvalue weighted by Crippen LogP contribution is -1.97. The monoisotopic (exact) mass is 163 g/mol. The third-order valence-corrected chi connectivity index (χ3v) is 1.77. The van der Waals surface area contributed by atoms with Gasteiger partial charge in [-0.15, -0.1) is 0 Å². The first-order valence-electron chi connectivity index (χ1n) is 3.83. The first-order chi connectivity index (χ1) is 5.74. The SMILES string of the molecule is Cc1ccc([C@@H](C)O[C]=O)cc1. The van der Waals surface area contributed by atoms with Crippen LogP contribution in [0, 0.1) is 6.92 Å². The summed E-state index contributed by atoms with van der Waals surface area (Å²) in [6.07, 6.45) is -0.205. The third-order valence-electron chi connectivity index (χ3n) is 1.77. The van der Waals surface area contributed by atoms with E-state index in [-0.39, 0.29) is 6.10 Å². The van der Waals surface area contributed by atoms with Gasteiger partial charge in [-0.25, -0.2) is 4.79 Å². The van der Waals surface area contributed by atoms with Gasteiger partial charge in [0.05, 0.1) is 0 Å². The molecule has 0 aromatic heterocycles. The van der Waals surface area contributed by atoms with Crippen molar-refractivity contribution >= 4 is 6.47 Å². The molecule has 0 saturated heterocycles. The predicted molar refractivity (Wildman–Crippen MR) is 46.4 cm³/mol. The molecule has 0 fully saturated rings. The van der Waals surface area contributed by atoms with E-state index in [4.69, 9.17) is 0 Å². The van der Waals surface area contributed by atoms with Crippen LogP contribution in [0.1, 0.15) is 24.2 Å². The number of benzene rings is 1. The fourth-order valence-corrected chi connectivity index (χ4v) is 0.978. The summed E-state index contributed by atoms with van der Waals surface area (Å²) in [5.41, 5.74) is 2.19. The van der Waals surface area contributed by atoms with E-state index >= 15 is 0 Å². The second-order valence-electron chi connectivity index (χ2n) is 2.75. The molecule has 0 aliphatic rings. The Balaban J connectivity index is 2.74. The van der Waals surface area contributed by atoms with Gasteiger partial charge in [0.25, 0.3) is 0 Å². The van der Waals surface area contributed by atoms with Crippen molar-refractivity contribution in [2.45, 2.75) is 20.0 Å². The standard InChI is InChI=1S/C10H11O2/c1-8-3-5-10(6-4-8)9(2)12-7-11/h3-6,9H,1-2H3/t9-/m1/s1. The van der Waals surface area contributed by atoms with Gasteiger partial charge in [-0.3, -0.25) is 0 Å². The second-order valence-corrected chi connectivity index (χ2v) is 2.75. The summed E-state index contributed by atoms with van der Waals surface area (Å²) in [6.45, 7) is 5.26. The first kappa shape index (κ1) is 8.78. The molecule has 63 valence electrons. The van der Waals surface area contributed by atoms with E-state index in [2.05, 4.69) is 4.74 Å². The number of carbonyl (C=O) groups excluding carboxylic acids is 1. The molecule has 1 rings (SSSR count). The third kappa shape index (κ3) is 2.09. The first-order valence-corrected chi connectivity index (χ1v) is 3.83. The maximum atomic E-state index is 9.91. The number of aryl methyl sites for hydroxylation is 1. The fraction of sp³-hybridized carbons (Fsp3) is 0.300. The number of rotatable bonds is 3. The van der Waals surface area contributed by atoms with Crippen molar-refractivity contribution in [3.8, 4) is 0 Å². The molecule has 1 aromatic rings. The van der Waals surface area contributed by atoms with Crippen molar-refractivity contribution in [3.63, 3.8) is 0 Å². The summed E-state index contributed by atoms with van der Waals surface area (Å²) >= 11 is 0. The highest BCUT2D eigenvalue weighted by molar-refractivity contribution is 5.39. The predicted octanol–water partition coefficient (Wildman–Crippen LogP) is 2.14. The van der Waals surface area contributed by atoms with Gasteiger partial charge in [-0.05, 0) is 19.4 Å². The van der Waals surface area contributed by atoms with E-state index in [9.17, 15) is 4.79 Å². The van der Waals surface area contributed by atoms with E-state index in [1.54, 1.807) is 0 Å². The molecule has 2 nitrogen and oxygen atoms in total.